The van der Waals surface area contributed by atoms with Crippen molar-refractivity contribution in [1.29, 1.82) is 0 Å². The number of hydrogen-bond acceptors (Lipinski definition) is 4. The summed E-state index contributed by atoms with van der Waals surface area (Å²) in [6.07, 6.45) is 9.49. The van der Waals surface area contributed by atoms with E-state index in [2.05, 4.69) is 13.5 Å². The van der Waals surface area contributed by atoms with Crippen molar-refractivity contribution >= 4 is 23.3 Å². The molecule has 0 spiro atoms. The molecular formula is C23H29FO3S. The summed E-state index contributed by atoms with van der Waals surface area (Å²) in [5, 5.41) is 11.3. The maximum absolute atomic E-state index is 16.9. The second kappa shape index (κ2) is 6.15. The Bertz CT molecular complexity index is 819. The average molecular weight is 405 g/mol. The highest BCUT2D eigenvalue weighted by atomic mass is 32.2. The van der Waals surface area contributed by atoms with Crippen molar-refractivity contribution in [3.63, 3.8) is 0 Å². The van der Waals surface area contributed by atoms with Gasteiger partial charge in [0.1, 0.15) is 5.78 Å². The van der Waals surface area contributed by atoms with Crippen LogP contribution >= 0.6 is 11.8 Å². The molecule has 28 heavy (non-hydrogen) atoms. The zero-order valence-corrected chi connectivity index (χ0v) is 17.7. The standard InChI is InChI=1S/C23H29FO3S/c1-5-9-22(28-4)18(26)12-17-16-7-6-14-11-15(25)8-10-20(14,2)23(16,24)19(27)13-21(17,22)3/h5,8,10-11,16-17,19,27H,1,6-7,9,12-13H2,2-4H3/t16-,17-,19-,20-,21-,22+,23-/m0/s1. The third-order valence-corrected chi connectivity index (χ3v) is 10.1. The van der Waals surface area contributed by atoms with Gasteiger partial charge >= 0.3 is 0 Å². The van der Waals surface area contributed by atoms with Gasteiger partial charge in [-0.05, 0) is 62.3 Å². The molecule has 3 fully saturated rings. The molecule has 0 aromatic carbocycles. The lowest BCUT2D eigenvalue weighted by molar-refractivity contribution is -0.192. The Hall–Kier alpha value is -1.20. The van der Waals surface area contributed by atoms with E-state index in [-0.39, 0.29) is 23.9 Å². The Morgan fingerprint density at radius 3 is 2.71 bits per heavy atom. The quantitative estimate of drug-likeness (QED) is 0.716. The predicted molar refractivity (Wildman–Crippen MR) is 110 cm³/mol. The smallest absolute Gasteiger partial charge is 0.178 e. The van der Waals surface area contributed by atoms with Gasteiger partial charge in [-0.2, -0.15) is 0 Å². The Morgan fingerprint density at radius 1 is 1.36 bits per heavy atom. The van der Waals surface area contributed by atoms with Crippen LogP contribution in [0.25, 0.3) is 0 Å². The maximum Gasteiger partial charge on any atom is 0.178 e. The number of rotatable bonds is 3. The average Bonchev–Trinajstić information content (AvgIpc) is 2.85. The van der Waals surface area contributed by atoms with Crippen LogP contribution in [-0.2, 0) is 9.59 Å². The molecular weight excluding hydrogens is 375 g/mol. The van der Waals surface area contributed by atoms with Gasteiger partial charge in [0.25, 0.3) is 0 Å². The Labute approximate surface area is 170 Å². The van der Waals surface area contributed by atoms with Gasteiger partial charge in [-0.3, -0.25) is 9.59 Å². The van der Waals surface area contributed by atoms with Crippen LogP contribution < -0.4 is 0 Å². The number of allylic oxidation sites excluding steroid dienone is 5. The number of Topliss-reactive ketones (excluding diaryl/α,β-unsaturated/α-hetero) is 1. The number of halogens is 1. The fourth-order valence-electron chi connectivity index (χ4n) is 7.07. The van der Waals surface area contributed by atoms with Gasteiger partial charge in [0.05, 0.1) is 10.9 Å². The highest BCUT2D eigenvalue weighted by Crippen LogP contribution is 2.71. The molecule has 0 aliphatic heterocycles. The van der Waals surface area contributed by atoms with E-state index < -0.39 is 33.3 Å². The minimum atomic E-state index is -1.87. The van der Waals surface area contributed by atoms with Crippen molar-refractivity contribution in [2.75, 3.05) is 6.26 Å². The summed E-state index contributed by atoms with van der Waals surface area (Å²) >= 11 is 1.54. The lowest BCUT2D eigenvalue weighted by atomic mass is 9.45. The zero-order valence-electron chi connectivity index (χ0n) is 16.8. The Kier molecular flexibility index (Phi) is 4.41. The van der Waals surface area contributed by atoms with Gasteiger partial charge in [-0.1, -0.05) is 24.6 Å². The molecule has 4 aliphatic carbocycles. The first-order valence-electron chi connectivity index (χ1n) is 10.1. The summed E-state index contributed by atoms with van der Waals surface area (Å²) in [7, 11) is 0. The van der Waals surface area contributed by atoms with Crippen LogP contribution in [0, 0.1) is 22.7 Å². The first-order chi connectivity index (χ1) is 13.1. The first-order valence-corrected chi connectivity index (χ1v) is 11.3. The molecule has 0 radical (unpaired) electrons. The van der Waals surface area contributed by atoms with Gasteiger partial charge in [-0.15, -0.1) is 18.3 Å². The molecule has 3 nitrogen and oxygen atoms in total. The monoisotopic (exact) mass is 404 g/mol. The van der Waals surface area contributed by atoms with Crippen molar-refractivity contribution in [1.82, 2.24) is 0 Å². The summed E-state index contributed by atoms with van der Waals surface area (Å²) < 4.78 is 16.3. The number of fused-ring (bicyclic) bond motifs is 5. The fourth-order valence-corrected chi connectivity index (χ4v) is 8.36. The molecule has 4 rings (SSSR count). The van der Waals surface area contributed by atoms with E-state index in [1.165, 1.54) is 17.8 Å². The van der Waals surface area contributed by atoms with Crippen LogP contribution in [-0.4, -0.2) is 39.4 Å². The third-order valence-electron chi connectivity index (χ3n) is 8.59. The SMILES string of the molecule is C=CC[C@@]1(SC)C(=O)C[C@H]2[C@@H]3CCC4=CC(=O)C=C[C@]4(C)[C@@]3(F)[C@@H](O)C[C@@]21C. The second-order valence-corrected chi connectivity index (χ2v) is 10.5. The van der Waals surface area contributed by atoms with E-state index in [1.807, 2.05) is 13.2 Å². The predicted octanol–water partition coefficient (Wildman–Crippen LogP) is 4.21. The number of carbonyl (C=O) groups excluding carboxylic acids is 2. The Morgan fingerprint density at radius 2 is 2.07 bits per heavy atom. The molecule has 0 aromatic heterocycles. The second-order valence-electron chi connectivity index (χ2n) is 9.42. The highest BCUT2D eigenvalue weighted by Gasteiger charge is 2.74. The van der Waals surface area contributed by atoms with Crippen molar-refractivity contribution in [2.45, 2.75) is 62.5 Å². The third kappa shape index (κ3) is 2.10. The van der Waals surface area contributed by atoms with E-state index in [0.717, 1.165) is 5.57 Å². The Balaban J connectivity index is 1.85. The molecule has 0 bridgehead atoms. The minimum Gasteiger partial charge on any atom is -0.390 e. The summed E-state index contributed by atoms with van der Waals surface area (Å²) in [5.41, 5.74) is -2.59. The van der Waals surface area contributed by atoms with Crippen LogP contribution in [0.3, 0.4) is 0 Å². The van der Waals surface area contributed by atoms with Gasteiger partial charge in [0.15, 0.2) is 11.5 Å². The van der Waals surface area contributed by atoms with E-state index in [0.29, 0.717) is 25.7 Å². The summed E-state index contributed by atoms with van der Waals surface area (Å²) in [4.78, 5) is 25.1. The molecule has 5 heteroatoms. The van der Waals surface area contributed by atoms with Crippen LogP contribution in [0.4, 0.5) is 4.39 Å². The molecule has 3 saturated carbocycles. The molecule has 0 saturated heterocycles. The number of thioether (sulfide) groups is 1. The molecule has 7 atom stereocenters. The van der Waals surface area contributed by atoms with Gasteiger partial charge < -0.3 is 5.11 Å². The van der Waals surface area contributed by atoms with Crippen molar-refractivity contribution in [3.05, 3.63) is 36.5 Å². The van der Waals surface area contributed by atoms with Crippen LogP contribution in [0.15, 0.2) is 36.5 Å². The van der Waals surface area contributed by atoms with E-state index >= 15 is 4.39 Å². The fraction of sp³-hybridized carbons (Fsp3) is 0.652. The number of carbonyl (C=O) groups is 2. The summed E-state index contributed by atoms with van der Waals surface area (Å²) in [6.45, 7) is 7.73. The number of ketones is 2. The number of hydrogen-bond donors (Lipinski definition) is 1. The largest absolute Gasteiger partial charge is 0.390 e. The molecule has 152 valence electrons. The summed E-state index contributed by atoms with van der Waals surface area (Å²) in [6, 6.07) is 0. The first kappa shape index (κ1) is 20.1. The maximum atomic E-state index is 16.9. The number of aliphatic hydroxyl groups is 1. The van der Waals surface area contributed by atoms with Crippen molar-refractivity contribution < 1.29 is 19.1 Å². The van der Waals surface area contributed by atoms with Crippen LogP contribution in [0.1, 0.15) is 46.0 Å². The van der Waals surface area contributed by atoms with Crippen molar-refractivity contribution in [2.24, 2.45) is 22.7 Å². The molecule has 0 amide bonds. The minimum absolute atomic E-state index is 0.118. The van der Waals surface area contributed by atoms with Crippen LogP contribution in [0.2, 0.25) is 0 Å². The molecule has 4 aliphatic rings. The zero-order chi connectivity index (χ0) is 20.5. The van der Waals surface area contributed by atoms with E-state index in [9.17, 15) is 14.7 Å². The molecule has 0 aromatic rings. The number of aliphatic hydroxyl groups excluding tert-OH is 1. The normalized spacial score (nSPS) is 49.9. The lowest BCUT2D eigenvalue weighted by Crippen LogP contribution is -2.68. The molecule has 1 N–H and O–H groups in total. The number of alkyl halides is 1. The van der Waals surface area contributed by atoms with Gasteiger partial charge in [-0.25, -0.2) is 4.39 Å². The van der Waals surface area contributed by atoms with Gasteiger partial charge in [0, 0.05) is 17.8 Å². The molecule has 0 unspecified atom stereocenters. The summed E-state index contributed by atoms with van der Waals surface area (Å²) in [5.74, 6) is -0.493. The topological polar surface area (TPSA) is 54.4 Å². The van der Waals surface area contributed by atoms with Crippen molar-refractivity contribution in [3.8, 4) is 0 Å². The highest BCUT2D eigenvalue weighted by molar-refractivity contribution is 8.00. The van der Waals surface area contributed by atoms with Gasteiger partial charge in [0.2, 0.25) is 0 Å². The lowest BCUT2D eigenvalue weighted by Gasteiger charge is -2.63. The molecule has 0 heterocycles. The van der Waals surface area contributed by atoms with Crippen LogP contribution in [0.5, 0.6) is 0 Å². The van der Waals surface area contributed by atoms with E-state index in [1.54, 1.807) is 18.2 Å². The van der Waals surface area contributed by atoms with E-state index in [4.69, 9.17) is 0 Å².